The number of oxime groups is 1. The third kappa shape index (κ3) is 5.00. The number of hydrogen-bond donors (Lipinski definition) is 3. The molecule has 6 heteroatoms. The van der Waals surface area contributed by atoms with Crippen molar-refractivity contribution in [1.29, 1.82) is 0 Å². The number of nitrogens with zero attached hydrogens (tertiary/aromatic N) is 2. The van der Waals surface area contributed by atoms with Crippen molar-refractivity contribution in [2.75, 3.05) is 20.1 Å². The average Bonchev–Trinajstić information content (AvgIpc) is 2.43. The largest absolute Gasteiger partial charge is 0.409 e. The Morgan fingerprint density at radius 2 is 2.20 bits per heavy atom. The monoisotopic (exact) mass is 298 g/mol. The summed E-state index contributed by atoms with van der Waals surface area (Å²) in [6.07, 6.45) is 0. The van der Waals surface area contributed by atoms with Crippen molar-refractivity contribution in [2.24, 2.45) is 10.9 Å². The molecule has 0 heterocycles. The molecule has 1 aromatic carbocycles. The van der Waals surface area contributed by atoms with Crippen molar-refractivity contribution in [3.63, 3.8) is 0 Å². The van der Waals surface area contributed by atoms with Gasteiger partial charge in [0.25, 0.3) is 0 Å². The fourth-order valence-electron chi connectivity index (χ4n) is 1.64. The van der Waals surface area contributed by atoms with Crippen LogP contribution in [0.25, 0.3) is 0 Å². The number of halogens is 1. The zero-order valence-electron chi connectivity index (χ0n) is 12.2. The van der Waals surface area contributed by atoms with E-state index in [0.717, 1.165) is 18.7 Å². The normalized spacial score (nSPS) is 12.4. The Bertz CT molecular complexity index is 462. The molecule has 0 atom stereocenters. The molecule has 0 saturated heterocycles. The van der Waals surface area contributed by atoms with Gasteiger partial charge in [-0.3, -0.25) is 0 Å². The van der Waals surface area contributed by atoms with Crippen LogP contribution in [0.1, 0.15) is 25.0 Å². The summed E-state index contributed by atoms with van der Waals surface area (Å²) >= 11 is 6.18. The van der Waals surface area contributed by atoms with E-state index in [9.17, 15) is 0 Å². The number of nitrogens with two attached hydrogens (primary N) is 1. The van der Waals surface area contributed by atoms with E-state index in [1.54, 1.807) is 12.1 Å². The summed E-state index contributed by atoms with van der Waals surface area (Å²) in [6, 6.07) is 5.92. The number of likely N-dealkylation sites (N-methyl/N-ethyl adjacent to an activating group) is 1. The van der Waals surface area contributed by atoms with Crippen molar-refractivity contribution in [3.8, 4) is 0 Å². The highest BCUT2D eigenvalue weighted by molar-refractivity contribution is 6.31. The molecule has 0 aromatic heterocycles. The first-order chi connectivity index (χ1) is 9.45. The van der Waals surface area contributed by atoms with Crippen LogP contribution >= 0.6 is 11.6 Å². The molecule has 0 fully saturated rings. The van der Waals surface area contributed by atoms with Gasteiger partial charge in [-0.2, -0.15) is 0 Å². The molecular formula is C14H23ClN4O. The molecule has 5 nitrogen and oxygen atoms in total. The Balaban J connectivity index is 2.49. The summed E-state index contributed by atoms with van der Waals surface area (Å²) in [5, 5.41) is 15.5. The van der Waals surface area contributed by atoms with Crippen LogP contribution in [0.15, 0.2) is 23.4 Å². The predicted octanol–water partition coefficient (Wildman–Crippen LogP) is 1.86. The van der Waals surface area contributed by atoms with Gasteiger partial charge in [0.05, 0.1) is 0 Å². The Kier molecular flexibility index (Phi) is 6.78. The van der Waals surface area contributed by atoms with Crippen LogP contribution in [0.2, 0.25) is 5.02 Å². The zero-order valence-corrected chi connectivity index (χ0v) is 13.0. The first-order valence-electron chi connectivity index (χ1n) is 6.63. The molecule has 112 valence electrons. The molecule has 0 aliphatic rings. The lowest BCUT2D eigenvalue weighted by molar-refractivity contribution is 0.273. The van der Waals surface area contributed by atoms with E-state index >= 15 is 0 Å². The van der Waals surface area contributed by atoms with Crippen molar-refractivity contribution < 1.29 is 5.21 Å². The molecule has 0 radical (unpaired) electrons. The number of hydrogen-bond acceptors (Lipinski definition) is 4. The molecule has 0 unspecified atom stereocenters. The number of rotatable bonds is 7. The number of benzene rings is 1. The predicted molar refractivity (Wildman–Crippen MR) is 83.4 cm³/mol. The Labute approximate surface area is 125 Å². The molecule has 0 bridgehead atoms. The summed E-state index contributed by atoms with van der Waals surface area (Å²) in [5.74, 6) is 0.0602. The maximum absolute atomic E-state index is 8.62. The van der Waals surface area contributed by atoms with E-state index in [4.69, 9.17) is 22.5 Å². The quantitative estimate of drug-likeness (QED) is 0.236. The van der Waals surface area contributed by atoms with Crippen LogP contribution in [0.3, 0.4) is 0 Å². The Hall–Kier alpha value is -1.30. The molecule has 1 rings (SSSR count). The first-order valence-corrected chi connectivity index (χ1v) is 7.00. The smallest absolute Gasteiger partial charge is 0.170 e. The first kappa shape index (κ1) is 16.8. The second-order valence-corrected chi connectivity index (χ2v) is 5.45. The fourth-order valence-corrected chi connectivity index (χ4v) is 1.89. The molecule has 1 aromatic rings. The summed E-state index contributed by atoms with van der Waals surface area (Å²) in [7, 11) is 2.10. The van der Waals surface area contributed by atoms with Gasteiger partial charge in [0, 0.05) is 36.3 Å². The molecule has 0 spiro atoms. The van der Waals surface area contributed by atoms with Gasteiger partial charge in [-0.15, -0.1) is 0 Å². The maximum atomic E-state index is 8.62. The summed E-state index contributed by atoms with van der Waals surface area (Å²) in [6.45, 7) is 6.91. The molecule has 0 aliphatic carbocycles. The third-order valence-corrected chi connectivity index (χ3v) is 3.65. The molecular weight excluding hydrogens is 276 g/mol. The van der Waals surface area contributed by atoms with E-state index < -0.39 is 0 Å². The van der Waals surface area contributed by atoms with Gasteiger partial charge in [-0.05, 0) is 32.5 Å². The highest BCUT2D eigenvalue weighted by Gasteiger charge is 2.06. The molecule has 0 saturated carbocycles. The lowest BCUT2D eigenvalue weighted by atomic mass is 10.1. The fraction of sp³-hybridized carbons (Fsp3) is 0.500. The van der Waals surface area contributed by atoms with Crippen molar-refractivity contribution in [3.05, 3.63) is 34.3 Å². The Morgan fingerprint density at radius 3 is 2.75 bits per heavy atom. The molecule has 4 N–H and O–H groups in total. The molecule has 0 aliphatic heterocycles. The summed E-state index contributed by atoms with van der Waals surface area (Å²) in [5.41, 5.74) is 7.12. The van der Waals surface area contributed by atoms with Gasteiger partial charge in [0.2, 0.25) is 0 Å². The highest BCUT2D eigenvalue weighted by Crippen LogP contribution is 2.17. The van der Waals surface area contributed by atoms with Gasteiger partial charge >= 0.3 is 0 Å². The minimum absolute atomic E-state index is 0.0602. The second-order valence-electron chi connectivity index (χ2n) is 5.04. The van der Waals surface area contributed by atoms with E-state index in [2.05, 4.69) is 36.3 Å². The van der Waals surface area contributed by atoms with E-state index in [-0.39, 0.29) is 5.84 Å². The number of nitrogens with one attached hydrogen (secondary N) is 1. The van der Waals surface area contributed by atoms with Crippen LogP contribution in [0, 0.1) is 0 Å². The van der Waals surface area contributed by atoms with Gasteiger partial charge in [0.1, 0.15) is 0 Å². The van der Waals surface area contributed by atoms with E-state index in [1.807, 2.05) is 6.07 Å². The van der Waals surface area contributed by atoms with Crippen LogP contribution in [0.5, 0.6) is 0 Å². The standard InChI is InChI=1S/C14H23ClN4O/c1-10(2)19(3)7-6-17-9-12-5-4-11(8-13(12)15)14(16)18-20/h4-5,8,10,17,20H,6-7,9H2,1-3H3,(H2,16,18). The van der Waals surface area contributed by atoms with Crippen LogP contribution in [-0.4, -0.2) is 42.1 Å². The lowest BCUT2D eigenvalue weighted by Crippen LogP contribution is -2.33. The summed E-state index contributed by atoms with van der Waals surface area (Å²) < 4.78 is 0. The second kappa shape index (κ2) is 8.09. The van der Waals surface area contributed by atoms with Gasteiger partial charge in [-0.1, -0.05) is 28.9 Å². The van der Waals surface area contributed by atoms with Gasteiger partial charge in [-0.25, -0.2) is 0 Å². The SMILES string of the molecule is CC(C)N(C)CCNCc1ccc(/C(N)=N/O)cc1Cl. The maximum Gasteiger partial charge on any atom is 0.170 e. The van der Waals surface area contributed by atoms with Crippen LogP contribution < -0.4 is 11.1 Å². The van der Waals surface area contributed by atoms with Gasteiger partial charge < -0.3 is 21.2 Å². The number of amidine groups is 1. The average molecular weight is 299 g/mol. The topological polar surface area (TPSA) is 73.9 Å². The van der Waals surface area contributed by atoms with E-state index in [1.165, 1.54) is 0 Å². The minimum Gasteiger partial charge on any atom is -0.409 e. The van der Waals surface area contributed by atoms with Gasteiger partial charge in [0.15, 0.2) is 5.84 Å². The van der Waals surface area contributed by atoms with Crippen LogP contribution in [0.4, 0.5) is 0 Å². The zero-order chi connectivity index (χ0) is 15.1. The molecule has 20 heavy (non-hydrogen) atoms. The van der Waals surface area contributed by atoms with Crippen LogP contribution in [-0.2, 0) is 6.54 Å². The summed E-state index contributed by atoms with van der Waals surface area (Å²) in [4.78, 5) is 2.27. The Morgan fingerprint density at radius 1 is 1.50 bits per heavy atom. The van der Waals surface area contributed by atoms with Crippen molar-refractivity contribution >= 4 is 17.4 Å². The van der Waals surface area contributed by atoms with Crippen molar-refractivity contribution in [2.45, 2.75) is 26.4 Å². The van der Waals surface area contributed by atoms with Crippen molar-refractivity contribution in [1.82, 2.24) is 10.2 Å². The van der Waals surface area contributed by atoms with E-state index in [0.29, 0.717) is 23.2 Å². The lowest BCUT2D eigenvalue weighted by Gasteiger charge is -2.21. The molecule has 0 amide bonds. The minimum atomic E-state index is 0.0602. The highest BCUT2D eigenvalue weighted by atomic mass is 35.5. The third-order valence-electron chi connectivity index (χ3n) is 3.29.